The van der Waals surface area contributed by atoms with E-state index >= 15 is 0 Å². The van der Waals surface area contributed by atoms with E-state index in [1.54, 1.807) is 0 Å². The molecule has 3 aromatic rings. The van der Waals surface area contributed by atoms with Gasteiger partial charge in [-0.2, -0.15) is 0 Å². The minimum absolute atomic E-state index is 0.108. The van der Waals surface area contributed by atoms with Gasteiger partial charge in [-0.1, -0.05) is 36.4 Å². The van der Waals surface area contributed by atoms with Crippen molar-refractivity contribution in [2.45, 2.75) is 13.0 Å². The first-order valence-electron chi connectivity index (χ1n) is 7.78. The van der Waals surface area contributed by atoms with E-state index in [0.29, 0.717) is 5.75 Å². The van der Waals surface area contributed by atoms with E-state index < -0.39 is 0 Å². The van der Waals surface area contributed by atoms with Gasteiger partial charge in [-0.15, -0.1) is 0 Å². The minimum atomic E-state index is -0.336. The smallest absolute Gasteiger partial charge is 0.258 e. The van der Waals surface area contributed by atoms with Crippen LogP contribution in [0, 0.1) is 5.82 Å². The number of fused-ring (bicyclic) bond motifs is 1. The Morgan fingerprint density at radius 1 is 1.04 bits per heavy atom. The van der Waals surface area contributed by atoms with Gasteiger partial charge in [-0.25, -0.2) is 4.39 Å². The number of hydrogen-bond acceptors (Lipinski definition) is 2. The van der Waals surface area contributed by atoms with Crippen molar-refractivity contribution in [1.82, 2.24) is 5.32 Å². The second kappa shape index (κ2) is 7.13. The van der Waals surface area contributed by atoms with Gasteiger partial charge in [0.15, 0.2) is 6.61 Å². The van der Waals surface area contributed by atoms with Crippen LogP contribution in [-0.4, -0.2) is 12.5 Å². The van der Waals surface area contributed by atoms with Gasteiger partial charge in [0.2, 0.25) is 0 Å². The molecule has 0 aromatic heterocycles. The Labute approximate surface area is 140 Å². The minimum Gasteiger partial charge on any atom is -0.484 e. The molecule has 4 heteroatoms. The lowest BCUT2D eigenvalue weighted by atomic mass is 10.0. The van der Waals surface area contributed by atoms with Crippen molar-refractivity contribution < 1.29 is 13.9 Å². The third-order valence-electron chi connectivity index (χ3n) is 3.83. The topological polar surface area (TPSA) is 38.3 Å². The predicted molar refractivity (Wildman–Crippen MR) is 92.4 cm³/mol. The fourth-order valence-corrected chi connectivity index (χ4v) is 2.52. The number of halogens is 1. The normalized spacial score (nSPS) is 11.9. The first kappa shape index (κ1) is 16.0. The number of nitrogens with one attached hydrogen (secondary N) is 1. The van der Waals surface area contributed by atoms with Crippen molar-refractivity contribution in [1.29, 1.82) is 0 Å². The monoisotopic (exact) mass is 323 g/mol. The number of rotatable bonds is 5. The average Bonchev–Trinajstić information content (AvgIpc) is 2.61. The van der Waals surface area contributed by atoms with Crippen LogP contribution in [-0.2, 0) is 4.79 Å². The summed E-state index contributed by atoms with van der Waals surface area (Å²) in [4.78, 5) is 12.0. The van der Waals surface area contributed by atoms with Crippen LogP contribution in [0.4, 0.5) is 4.39 Å². The summed E-state index contributed by atoms with van der Waals surface area (Å²) >= 11 is 0. The van der Waals surface area contributed by atoms with Crippen molar-refractivity contribution in [3.8, 4) is 5.75 Å². The van der Waals surface area contributed by atoms with Crippen molar-refractivity contribution in [2.75, 3.05) is 6.61 Å². The van der Waals surface area contributed by atoms with Crippen LogP contribution in [0.1, 0.15) is 18.5 Å². The van der Waals surface area contributed by atoms with E-state index in [2.05, 4.69) is 17.4 Å². The van der Waals surface area contributed by atoms with Crippen molar-refractivity contribution in [2.24, 2.45) is 0 Å². The van der Waals surface area contributed by atoms with Crippen LogP contribution in [0.2, 0.25) is 0 Å². The largest absolute Gasteiger partial charge is 0.484 e. The Morgan fingerprint density at radius 2 is 1.75 bits per heavy atom. The lowest BCUT2D eigenvalue weighted by Gasteiger charge is -2.15. The maximum Gasteiger partial charge on any atom is 0.258 e. The van der Waals surface area contributed by atoms with Crippen LogP contribution in [0.3, 0.4) is 0 Å². The van der Waals surface area contributed by atoms with Crippen molar-refractivity contribution >= 4 is 16.7 Å². The molecule has 0 aliphatic rings. The van der Waals surface area contributed by atoms with Gasteiger partial charge in [0.25, 0.3) is 5.91 Å². The Morgan fingerprint density at radius 3 is 2.50 bits per heavy atom. The summed E-state index contributed by atoms with van der Waals surface area (Å²) in [6, 6.07) is 19.7. The standard InChI is InChI=1S/C20H18FNO2/c1-14(16-7-6-15-4-2-3-5-17(15)12-16)22-20(23)13-24-19-10-8-18(21)9-11-19/h2-12,14H,13H2,1H3,(H,22,23)/t14-/m1/s1. The molecule has 122 valence electrons. The third-order valence-corrected chi connectivity index (χ3v) is 3.83. The molecule has 0 aliphatic heterocycles. The van der Waals surface area contributed by atoms with Crippen LogP contribution in [0.25, 0.3) is 10.8 Å². The van der Waals surface area contributed by atoms with Crippen LogP contribution < -0.4 is 10.1 Å². The summed E-state index contributed by atoms with van der Waals surface area (Å²) in [7, 11) is 0. The molecule has 3 nitrogen and oxygen atoms in total. The highest BCUT2D eigenvalue weighted by molar-refractivity contribution is 5.83. The Hall–Kier alpha value is -2.88. The molecule has 0 bridgehead atoms. The molecule has 0 saturated heterocycles. The summed E-state index contributed by atoms with van der Waals surface area (Å²) in [6.45, 7) is 1.82. The SMILES string of the molecule is C[C@@H](NC(=O)COc1ccc(F)cc1)c1ccc2ccccc2c1. The maximum absolute atomic E-state index is 12.8. The van der Waals surface area contributed by atoms with Crippen LogP contribution in [0.15, 0.2) is 66.7 Å². The molecule has 0 saturated carbocycles. The Kier molecular flexibility index (Phi) is 4.75. The van der Waals surface area contributed by atoms with Crippen molar-refractivity contribution in [3.05, 3.63) is 78.1 Å². The number of amides is 1. The second-order valence-electron chi connectivity index (χ2n) is 5.64. The molecule has 0 fully saturated rings. The molecule has 0 radical (unpaired) electrons. The fourth-order valence-electron chi connectivity index (χ4n) is 2.52. The molecule has 24 heavy (non-hydrogen) atoms. The highest BCUT2D eigenvalue weighted by Crippen LogP contribution is 2.20. The second-order valence-corrected chi connectivity index (χ2v) is 5.64. The molecule has 1 N–H and O–H groups in total. The average molecular weight is 323 g/mol. The summed E-state index contributed by atoms with van der Waals surface area (Å²) in [6.07, 6.45) is 0. The zero-order valence-corrected chi connectivity index (χ0v) is 13.3. The molecular weight excluding hydrogens is 305 g/mol. The van der Waals surface area contributed by atoms with E-state index in [9.17, 15) is 9.18 Å². The lowest BCUT2D eigenvalue weighted by molar-refractivity contribution is -0.123. The zero-order valence-electron chi connectivity index (χ0n) is 13.3. The number of ether oxygens (including phenoxy) is 1. The summed E-state index contributed by atoms with van der Waals surface area (Å²) in [5.41, 5.74) is 1.03. The molecule has 1 atom stereocenters. The summed E-state index contributed by atoms with van der Waals surface area (Å²) < 4.78 is 18.2. The van der Waals surface area contributed by atoms with Crippen LogP contribution >= 0.6 is 0 Å². The highest BCUT2D eigenvalue weighted by Gasteiger charge is 2.10. The molecule has 0 spiro atoms. The van der Waals surface area contributed by atoms with E-state index in [-0.39, 0.29) is 24.4 Å². The molecule has 0 aliphatic carbocycles. The number of carbonyl (C=O) groups is 1. The first-order valence-corrected chi connectivity index (χ1v) is 7.78. The van der Waals surface area contributed by atoms with Gasteiger partial charge in [-0.05, 0) is 53.6 Å². The summed E-state index contributed by atoms with van der Waals surface area (Å²) in [5.74, 6) is -0.0957. The number of carbonyl (C=O) groups excluding carboxylic acids is 1. The Bertz CT molecular complexity index is 846. The van der Waals surface area contributed by atoms with E-state index in [1.165, 1.54) is 29.7 Å². The first-order chi connectivity index (χ1) is 11.6. The van der Waals surface area contributed by atoms with E-state index in [0.717, 1.165) is 10.9 Å². The van der Waals surface area contributed by atoms with Crippen molar-refractivity contribution in [3.63, 3.8) is 0 Å². The molecular formula is C20H18FNO2. The predicted octanol–water partition coefficient (Wildman–Crippen LogP) is 4.24. The number of benzene rings is 3. The molecule has 1 amide bonds. The third kappa shape index (κ3) is 3.90. The van der Waals surface area contributed by atoms with E-state index in [4.69, 9.17) is 4.74 Å². The maximum atomic E-state index is 12.8. The van der Waals surface area contributed by atoms with Gasteiger partial charge >= 0.3 is 0 Å². The van der Waals surface area contributed by atoms with Gasteiger partial charge in [0, 0.05) is 0 Å². The van der Waals surface area contributed by atoms with Gasteiger partial charge < -0.3 is 10.1 Å². The fraction of sp³-hybridized carbons (Fsp3) is 0.150. The van der Waals surface area contributed by atoms with Crippen LogP contribution in [0.5, 0.6) is 5.75 Å². The Balaban J connectivity index is 1.59. The number of hydrogen-bond donors (Lipinski definition) is 1. The molecule has 0 heterocycles. The van der Waals surface area contributed by atoms with E-state index in [1.807, 2.05) is 37.3 Å². The van der Waals surface area contributed by atoms with Gasteiger partial charge in [0.05, 0.1) is 6.04 Å². The molecule has 3 aromatic carbocycles. The highest BCUT2D eigenvalue weighted by atomic mass is 19.1. The van der Waals surface area contributed by atoms with Gasteiger partial charge in [0.1, 0.15) is 11.6 Å². The van der Waals surface area contributed by atoms with Gasteiger partial charge in [-0.3, -0.25) is 4.79 Å². The summed E-state index contributed by atoms with van der Waals surface area (Å²) in [5, 5.41) is 5.21. The molecule has 0 unspecified atom stereocenters. The zero-order chi connectivity index (χ0) is 16.9. The lowest BCUT2D eigenvalue weighted by Crippen LogP contribution is -2.31. The quantitative estimate of drug-likeness (QED) is 0.763. The molecule has 3 rings (SSSR count).